The van der Waals surface area contributed by atoms with E-state index in [1.165, 1.54) is 16.9 Å². The van der Waals surface area contributed by atoms with E-state index in [2.05, 4.69) is 48.4 Å². The van der Waals surface area contributed by atoms with Crippen LogP contribution in [0.25, 0.3) is 11.0 Å². The van der Waals surface area contributed by atoms with Gasteiger partial charge in [0.2, 0.25) is 0 Å². The lowest BCUT2D eigenvalue weighted by Gasteiger charge is -2.18. The molecular weight excluding hydrogens is 260 g/mol. The van der Waals surface area contributed by atoms with Crippen LogP contribution in [0.4, 0.5) is 0 Å². The van der Waals surface area contributed by atoms with E-state index in [1.807, 2.05) is 0 Å². The third-order valence-electron chi connectivity index (χ3n) is 4.08. The van der Waals surface area contributed by atoms with Gasteiger partial charge in [0, 0.05) is 6.54 Å². The highest BCUT2D eigenvalue weighted by Gasteiger charge is 2.12. The van der Waals surface area contributed by atoms with Crippen LogP contribution in [-0.4, -0.2) is 34.1 Å². The normalized spacial score (nSPS) is 11.7. The summed E-state index contributed by atoms with van der Waals surface area (Å²) in [7, 11) is 0. The van der Waals surface area contributed by atoms with Gasteiger partial charge in [-0.3, -0.25) is 4.90 Å². The second-order valence-electron chi connectivity index (χ2n) is 5.63. The van der Waals surface area contributed by atoms with Crippen molar-refractivity contribution in [3.63, 3.8) is 0 Å². The van der Waals surface area contributed by atoms with Gasteiger partial charge in [0.1, 0.15) is 5.82 Å². The SMILES string of the molecule is CCN(CC)Cc1nc2cc(C)ccc2n1CCCCN. The van der Waals surface area contributed by atoms with E-state index >= 15 is 0 Å². The van der Waals surface area contributed by atoms with Gasteiger partial charge in [-0.05, 0) is 57.1 Å². The van der Waals surface area contributed by atoms with Crippen molar-refractivity contribution in [2.45, 2.75) is 46.7 Å². The van der Waals surface area contributed by atoms with Gasteiger partial charge in [-0.15, -0.1) is 0 Å². The van der Waals surface area contributed by atoms with E-state index in [1.54, 1.807) is 0 Å². The van der Waals surface area contributed by atoms with Crippen molar-refractivity contribution in [1.29, 1.82) is 0 Å². The zero-order valence-corrected chi connectivity index (χ0v) is 13.6. The number of hydrogen-bond donors (Lipinski definition) is 1. The Kier molecular flexibility index (Phi) is 5.76. The van der Waals surface area contributed by atoms with Gasteiger partial charge in [0.05, 0.1) is 17.6 Å². The Balaban J connectivity index is 2.33. The molecule has 0 aliphatic rings. The van der Waals surface area contributed by atoms with E-state index < -0.39 is 0 Å². The lowest BCUT2D eigenvalue weighted by molar-refractivity contribution is 0.283. The fourth-order valence-corrected chi connectivity index (χ4v) is 2.72. The quantitative estimate of drug-likeness (QED) is 0.760. The molecule has 0 saturated heterocycles. The van der Waals surface area contributed by atoms with Crippen molar-refractivity contribution in [3.8, 4) is 0 Å². The zero-order chi connectivity index (χ0) is 15.2. The molecule has 0 amide bonds. The molecule has 116 valence electrons. The van der Waals surface area contributed by atoms with Gasteiger partial charge >= 0.3 is 0 Å². The monoisotopic (exact) mass is 288 g/mol. The van der Waals surface area contributed by atoms with Crippen LogP contribution >= 0.6 is 0 Å². The molecule has 0 radical (unpaired) electrons. The lowest BCUT2D eigenvalue weighted by Crippen LogP contribution is -2.24. The predicted molar refractivity (Wildman–Crippen MR) is 89.4 cm³/mol. The summed E-state index contributed by atoms with van der Waals surface area (Å²) in [5.74, 6) is 1.18. The Morgan fingerprint density at radius 2 is 1.95 bits per heavy atom. The van der Waals surface area contributed by atoms with E-state index in [0.717, 1.165) is 51.1 Å². The fraction of sp³-hybridized carbons (Fsp3) is 0.588. The zero-order valence-electron chi connectivity index (χ0n) is 13.6. The number of aromatic nitrogens is 2. The van der Waals surface area contributed by atoms with Gasteiger partial charge in [-0.2, -0.15) is 0 Å². The number of fused-ring (bicyclic) bond motifs is 1. The van der Waals surface area contributed by atoms with E-state index in [4.69, 9.17) is 10.7 Å². The molecule has 0 unspecified atom stereocenters. The van der Waals surface area contributed by atoms with Crippen LogP contribution in [0.2, 0.25) is 0 Å². The smallest absolute Gasteiger partial charge is 0.124 e. The van der Waals surface area contributed by atoms with Crippen molar-refractivity contribution in [3.05, 3.63) is 29.6 Å². The molecule has 0 atom stereocenters. The maximum Gasteiger partial charge on any atom is 0.124 e. The summed E-state index contributed by atoms with van der Waals surface area (Å²) in [6.45, 7) is 11.3. The van der Waals surface area contributed by atoms with Crippen LogP contribution in [0.3, 0.4) is 0 Å². The first kappa shape index (κ1) is 16.0. The molecular formula is C17H28N4. The van der Waals surface area contributed by atoms with E-state index in [0.29, 0.717) is 0 Å². The molecule has 2 aromatic rings. The maximum atomic E-state index is 5.63. The predicted octanol–water partition coefficient (Wildman–Crippen LogP) is 2.93. The summed E-state index contributed by atoms with van der Waals surface area (Å²) in [6, 6.07) is 6.55. The Labute approximate surface area is 128 Å². The highest BCUT2D eigenvalue weighted by Crippen LogP contribution is 2.19. The number of hydrogen-bond acceptors (Lipinski definition) is 3. The minimum absolute atomic E-state index is 0.761. The summed E-state index contributed by atoms with van der Waals surface area (Å²) < 4.78 is 2.38. The average molecular weight is 288 g/mol. The molecule has 4 heteroatoms. The molecule has 0 spiro atoms. The summed E-state index contributed by atoms with van der Waals surface area (Å²) in [5, 5.41) is 0. The minimum Gasteiger partial charge on any atom is -0.330 e. The summed E-state index contributed by atoms with van der Waals surface area (Å²) in [4.78, 5) is 7.29. The molecule has 1 aromatic heterocycles. The van der Waals surface area contributed by atoms with Crippen molar-refractivity contribution in [1.82, 2.24) is 14.5 Å². The molecule has 0 fully saturated rings. The molecule has 2 rings (SSSR count). The third kappa shape index (κ3) is 3.83. The number of benzene rings is 1. The van der Waals surface area contributed by atoms with Crippen LogP contribution in [0, 0.1) is 6.92 Å². The van der Waals surface area contributed by atoms with Crippen molar-refractivity contribution in [2.75, 3.05) is 19.6 Å². The molecule has 0 saturated carbocycles. The number of aryl methyl sites for hydroxylation is 2. The molecule has 0 aliphatic heterocycles. The van der Waals surface area contributed by atoms with E-state index in [9.17, 15) is 0 Å². The Bertz CT molecular complexity index is 569. The van der Waals surface area contributed by atoms with E-state index in [-0.39, 0.29) is 0 Å². The highest BCUT2D eigenvalue weighted by molar-refractivity contribution is 5.76. The van der Waals surface area contributed by atoms with Crippen LogP contribution in [0.1, 0.15) is 38.1 Å². The third-order valence-corrected chi connectivity index (χ3v) is 4.08. The standard InChI is InChI=1S/C17H28N4/c1-4-20(5-2)13-17-19-15-12-14(3)8-9-16(15)21(17)11-7-6-10-18/h8-9,12H,4-7,10-11,13,18H2,1-3H3. The lowest BCUT2D eigenvalue weighted by atomic mass is 10.2. The van der Waals surface area contributed by atoms with Crippen LogP contribution in [0.5, 0.6) is 0 Å². The minimum atomic E-state index is 0.761. The number of unbranched alkanes of at least 4 members (excludes halogenated alkanes) is 1. The molecule has 1 heterocycles. The number of nitrogens with zero attached hydrogens (tertiary/aromatic N) is 3. The van der Waals surface area contributed by atoms with Crippen molar-refractivity contribution >= 4 is 11.0 Å². The molecule has 0 aliphatic carbocycles. The van der Waals surface area contributed by atoms with Gasteiger partial charge in [0.15, 0.2) is 0 Å². The van der Waals surface area contributed by atoms with Crippen molar-refractivity contribution < 1.29 is 0 Å². The van der Waals surface area contributed by atoms with Crippen LogP contribution < -0.4 is 5.73 Å². The first-order valence-corrected chi connectivity index (χ1v) is 8.07. The Hall–Kier alpha value is -1.39. The highest BCUT2D eigenvalue weighted by atomic mass is 15.2. The molecule has 1 aromatic carbocycles. The van der Waals surface area contributed by atoms with Gasteiger partial charge in [-0.25, -0.2) is 4.98 Å². The second-order valence-corrected chi connectivity index (χ2v) is 5.63. The average Bonchev–Trinajstić information content (AvgIpc) is 2.81. The fourth-order valence-electron chi connectivity index (χ4n) is 2.72. The second kappa shape index (κ2) is 7.57. The van der Waals surface area contributed by atoms with Crippen LogP contribution in [-0.2, 0) is 13.1 Å². The summed E-state index contributed by atoms with van der Waals surface area (Å²) >= 11 is 0. The largest absolute Gasteiger partial charge is 0.330 e. The molecule has 4 nitrogen and oxygen atoms in total. The first-order chi connectivity index (χ1) is 10.2. The summed E-state index contributed by atoms with van der Waals surface area (Å²) in [6.07, 6.45) is 2.18. The maximum absolute atomic E-state index is 5.63. The molecule has 21 heavy (non-hydrogen) atoms. The van der Waals surface area contributed by atoms with Gasteiger partial charge < -0.3 is 10.3 Å². The van der Waals surface area contributed by atoms with Gasteiger partial charge in [0.25, 0.3) is 0 Å². The number of imidazole rings is 1. The number of rotatable bonds is 8. The molecule has 2 N–H and O–H groups in total. The Morgan fingerprint density at radius 3 is 2.62 bits per heavy atom. The van der Waals surface area contributed by atoms with Crippen LogP contribution in [0.15, 0.2) is 18.2 Å². The summed E-state index contributed by atoms with van der Waals surface area (Å²) in [5.41, 5.74) is 9.26. The Morgan fingerprint density at radius 1 is 1.19 bits per heavy atom. The first-order valence-electron chi connectivity index (χ1n) is 8.07. The van der Waals surface area contributed by atoms with Crippen molar-refractivity contribution in [2.24, 2.45) is 5.73 Å². The number of nitrogens with two attached hydrogens (primary N) is 1. The topological polar surface area (TPSA) is 47.1 Å². The van der Waals surface area contributed by atoms with Gasteiger partial charge in [-0.1, -0.05) is 19.9 Å². The molecule has 0 bridgehead atoms.